The number of halogens is 1. The van der Waals surface area contributed by atoms with Crippen LogP contribution in [0.2, 0.25) is 0 Å². The van der Waals surface area contributed by atoms with E-state index >= 15 is 0 Å². The van der Waals surface area contributed by atoms with Gasteiger partial charge in [0, 0.05) is 12.6 Å². The molecule has 0 aromatic heterocycles. The second-order valence-electron chi connectivity index (χ2n) is 3.87. The first-order valence-electron chi connectivity index (χ1n) is 5.71. The van der Waals surface area contributed by atoms with E-state index in [1.165, 1.54) is 26.4 Å². The average molecular weight is 252 g/mol. The van der Waals surface area contributed by atoms with Gasteiger partial charge in [0.1, 0.15) is 0 Å². The Morgan fingerprint density at radius 2 is 2.19 bits per heavy atom. The van der Waals surface area contributed by atoms with Crippen molar-refractivity contribution in [1.82, 2.24) is 5.32 Å². The second kappa shape index (κ2) is 9.87. The predicted molar refractivity (Wildman–Crippen MR) is 65.0 cm³/mol. The quantitative estimate of drug-likeness (QED) is 0.574. The summed E-state index contributed by atoms with van der Waals surface area (Å²) < 4.78 is 9.88. The maximum Gasteiger partial charge on any atom is 0.307 e. The van der Waals surface area contributed by atoms with E-state index in [4.69, 9.17) is 4.74 Å². The number of piperidine rings is 1. The van der Waals surface area contributed by atoms with Crippen LogP contribution in [0.5, 0.6) is 0 Å². The third kappa shape index (κ3) is 7.04. The van der Waals surface area contributed by atoms with Gasteiger partial charge in [-0.15, -0.1) is 12.4 Å². The van der Waals surface area contributed by atoms with Gasteiger partial charge in [0.25, 0.3) is 0 Å². The van der Waals surface area contributed by atoms with Gasteiger partial charge in [-0.25, -0.2) is 0 Å². The van der Waals surface area contributed by atoms with Gasteiger partial charge in [-0.1, -0.05) is 6.42 Å². The number of rotatable bonds is 6. The van der Waals surface area contributed by atoms with Crippen molar-refractivity contribution in [2.24, 2.45) is 0 Å². The van der Waals surface area contributed by atoms with Crippen LogP contribution in [0.1, 0.15) is 32.1 Å². The first kappa shape index (κ1) is 15.7. The van der Waals surface area contributed by atoms with Crippen molar-refractivity contribution in [2.45, 2.75) is 38.1 Å². The van der Waals surface area contributed by atoms with Crippen LogP contribution in [0.4, 0.5) is 0 Å². The largest absolute Gasteiger partial charge is 0.469 e. The number of carbonyl (C=O) groups is 1. The van der Waals surface area contributed by atoms with Gasteiger partial charge >= 0.3 is 5.97 Å². The Hall–Kier alpha value is -0.320. The minimum absolute atomic E-state index is 0. The first-order valence-corrected chi connectivity index (χ1v) is 5.71. The van der Waals surface area contributed by atoms with Crippen molar-refractivity contribution in [3.8, 4) is 0 Å². The number of hydrogen-bond donors (Lipinski definition) is 1. The third-order valence-electron chi connectivity index (χ3n) is 2.70. The number of nitrogens with one attached hydrogen (secondary N) is 1. The molecule has 0 radical (unpaired) electrons. The highest BCUT2D eigenvalue weighted by Crippen LogP contribution is 2.09. The van der Waals surface area contributed by atoms with Crippen LogP contribution in [0.25, 0.3) is 0 Å². The zero-order valence-corrected chi connectivity index (χ0v) is 10.7. The topological polar surface area (TPSA) is 47.6 Å². The van der Waals surface area contributed by atoms with Gasteiger partial charge in [-0.2, -0.15) is 0 Å². The van der Waals surface area contributed by atoms with E-state index in [2.05, 4.69) is 10.1 Å². The lowest BCUT2D eigenvalue weighted by molar-refractivity contribution is -0.141. The molecule has 5 heteroatoms. The summed E-state index contributed by atoms with van der Waals surface area (Å²) in [7, 11) is 1.40. The lowest BCUT2D eigenvalue weighted by Gasteiger charge is -2.23. The molecule has 16 heavy (non-hydrogen) atoms. The van der Waals surface area contributed by atoms with Gasteiger partial charge in [0.2, 0.25) is 0 Å². The van der Waals surface area contributed by atoms with Crippen LogP contribution in [0.15, 0.2) is 0 Å². The van der Waals surface area contributed by atoms with Crippen LogP contribution in [0.3, 0.4) is 0 Å². The number of esters is 1. The molecule has 0 aliphatic carbocycles. The van der Waals surface area contributed by atoms with Gasteiger partial charge in [-0.3, -0.25) is 4.79 Å². The summed E-state index contributed by atoms with van der Waals surface area (Å²) >= 11 is 0. The average Bonchev–Trinajstić information content (AvgIpc) is 2.29. The minimum Gasteiger partial charge on any atom is -0.469 e. The molecule has 0 aromatic carbocycles. The third-order valence-corrected chi connectivity index (χ3v) is 2.70. The fourth-order valence-electron chi connectivity index (χ4n) is 1.76. The molecule has 0 saturated carbocycles. The van der Waals surface area contributed by atoms with Crippen LogP contribution in [-0.2, 0) is 14.3 Å². The molecule has 1 heterocycles. The Morgan fingerprint density at radius 1 is 1.38 bits per heavy atom. The molecule has 0 bridgehead atoms. The van der Waals surface area contributed by atoms with Gasteiger partial charge in [0.05, 0.1) is 20.1 Å². The van der Waals surface area contributed by atoms with E-state index in [-0.39, 0.29) is 18.4 Å². The molecule has 1 fully saturated rings. The Balaban J connectivity index is 0.00000225. The van der Waals surface area contributed by atoms with Crippen molar-refractivity contribution >= 4 is 18.4 Å². The summed E-state index contributed by atoms with van der Waals surface area (Å²) in [5, 5.41) is 3.46. The van der Waals surface area contributed by atoms with Crippen molar-refractivity contribution in [3.63, 3.8) is 0 Å². The van der Waals surface area contributed by atoms with E-state index < -0.39 is 0 Å². The summed E-state index contributed by atoms with van der Waals surface area (Å²) in [6.45, 7) is 2.33. The van der Waals surface area contributed by atoms with E-state index in [9.17, 15) is 4.79 Å². The fraction of sp³-hybridized carbons (Fsp3) is 0.909. The van der Waals surface area contributed by atoms with Crippen LogP contribution < -0.4 is 5.32 Å². The monoisotopic (exact) mass is 251 g/mol. The summed E-state index contributed by atoms with van der Waals surface area (Å²) in [4.78, 5) is 10.8. The molecule has 1 aliphatic heterocycles. The van der Waals surface area contributed by atoms with Crippen LogP contribution >= 0.6 is 12.4 Å². The Morgan fingerprint density at radius 3 is 2.81 bits per heavy atom. The summed E-state index contributed by atoms with van der Waals surface area (Å²) in [6, 6.07) is 0.608. The van der Waals surface area contributed by atoms with Crippen molar-refractivity contribution in [2.75, 3.05) is 26.9 Å². The predicted octanol–water partition coefficient (Wildman–Crippen LogP) is 1.52. The Kier molecular flexibility index (Phi) is 9.68. The maximum absolute atomic E-state index is 10.8. The molecule has 1 atom stereocenters. The van der Waals surface area contributed by atoms with Gasteiger partial charge in [-0.05, 0) is 25.8 Å². The standard InChI is InChI=1S/C11H21NO3.ClH/c1-14-11(13)6-9-15-8-5-10-4-2-3-7-12-10;/h10,12H,2-9H2,1H3;1H. The number of ether oxygens (including phenoxy) is 2. The van der Waals surface area contributed by atoms with Crippen LogP contribution in [0, 0.1) is 0 Å². The molecule has 4 nitrogen and oxygen atoms in total. The molecule has 1 saturated heterocycles. The molecule has 1 N–H and O–H groups in total. The van der Waals surface area contributed by atoms with E-state index in [0.29, 0.717) is 19.1 Å². The molecule has 1 unspecified atom stereocenters. The molecule has 1 rings (SSSR count). The minimum atomic E-state index is -0.203. The zero-order valence-electron chi connectivity index (χ0n) is 9.87. The first-order chi connectivity index (χ1) is 7.33. The molecule has 0 amide bonds. The molecular weight excluding hydrogens is 230 g/mol. The lowest BCUT2D eigenvalue weighted by Crippen LogP contribution is -2.34. The highest BCUT2D eigenvalue weighted by atomic mass is 35.5. The van der Waals surface area contributed by atoms with E-state index in [1.807, 2.05) is 0 Å². The van der Waals surface area contributed by atoms with E-state index in [1.54, 1.807) is 0 Å². The number of carbonyl (C=O) groups excluding carboxylic acids is 1. The van der Waals surface area contributed by atoms with E-state index in [0.717, 1.165) is 19.6 Å². The molecular formula is C11H22ClNO3. The lowest BCUT2D eigenvalue weighted by atomic mass is 10.0. The SMILES string of the molecule is COC(=O)CCOCCC1CCCCN1.Cl. The van der Waals surface area contributed by atoms with Crippen molar-refractivity contribution in [1.29, 1.82) is 0 Å². The zero-order chi connectivity index (χ0) is 10.9. The van der Waals surface area contributed by atoms with Crippen molar-refractivity contribution < 1.29 is 14.3 Å². The maximum atomic E-state index is 10.8. The number of hydrogen-bond acceptors (Lipinski definition) is 4. The Labute approximate surface area is 103 Å². The highest BCUT2D eigenvalue weighted by molar-refractivity contribution is 5.85. The van der Waals surface area contributed by atoms with Gasteiger partial charge < -0.3 is 14.8 Å². The van der Waals surface area contributed by atoms with Gasteiger partial charge in [0.15, 0.2) is 0 Å². The summed E-state index contributed by atoms with van der Waals surface area (Å²) in [5.74, 6) is -0.203. The molecule has 0 spiro atoms. The Bertz CT molecular complexity index is 184. The highest BCUT2D eigenvalue weighted by Gasteiger charge is 2.11. The fourth-order valence-corrected chi connectivity index (χ4v) is 1.76. The normalized spacial score (nSPS) is 19.9. The molecule has 0 aromatic rings. The smallest absolute Gasteiger partial charge is 0.307 e. The molecule has 96 valence electrons. The number of methoxy groups -OCH3 is 1. The molecule has 1 aliphatic rings. The summed E-state index contributed by atoms with van der Waals surface area (Å²) in [5.41, 5.74) is 0. The summed E-state index contributed by atoms with van der Waals surface area (Å²) in [6.07, 6.45) is 5.26. The van der Waals surface area contributed by atoms with Crippen LogP contribution in [-0.4, -0.2) is 38.9 Å². The van der Waals surface area contributed by atoms with Crippen molar-refractivity contribution in [3.05, 3.63) is 0 Å². The second-order valence-corrected chi connectivity index (χ2v) is 3.87.